The molecule has 1 fully saturated rings. The lowest BCUT2D eigenvalue weighted by atomic mass is 10.2. The molecule has 1 aliphatic rings. The normalized spacial score (nSPS) is 20.9. The molecule has 0 radical (unpaired) electrons. The Kier molecular flexibility index (Phi) is 4.92. The number of amides is 2. The molecule has 0 aromatic rings. The molecule has 0 aliphatic carbocycles. The van der Waals surface area contributed by atoms with Crippen LogP contribution in [0.5, 0.6) is 0 Å². The third-order valence-corrected chi connectivity index (χ3v) is 3.40. The van der Waals surface area contributed by atoms with Crippen LogP contribution in [0.15, 0.2) is 0 Å². The molecule has 1 rings (SSSR count). The Hall–Kier alpha value is -0.910. The highest BCUT2D eigenvalue weighted by Gasteiger charge is 2.28. The number of nitrogens with zero attached hydrogens (tertiary/aromatic N) is 1. The van der Waals surface area contributed by atoms with Gasteiger partial charge in [-0.05, 0) is 13.8 Å². The predicted octanol–water partition coefficient (Wildman–Crippen LogP) is 0.997. The molecule has 0 spiro atoms. The van der Waals surface area contributed by atoms with Gasteiger partial charge in [-0.15, -0.1) is 0 Å². The fraction of sp³-hybridized carbons (Fsp3) is 0.800. The van der Waals surface area contributed by atoms with Gasteiger partial charge in [0.2, 0.25) is 0 Å². The summed E-state index contributed by atoms with van der Waals surface area (Å²) in [4.78, 5) is 24.1. The maximum Gasteiger partial charge on any atom is 0.317 e. The first-order valence-corrected chi connectivity index (χ1v) is 6.53. The Morgan fingerprint density at radius 3 is 2.81 bits per heavy atom. The Morgan fingerprint density at radius 2 is 2.25 bits per heavy atom. The van der Waals surface area contributed by atoms with Crippen molar-refractivity contribution < 1.29 is 14.7 Å². The average Bonchev–Trinajstić information content (AvgIpc) is 2.16. The van der Waals surface area contributed by atoms with Crippen LogP contribution in [0.25, 0.3) is 0 Å². The Labute approximate surface area is 99.6 Å². The summed E-state index contributed by atoms with van der Waals surface area (Å²) < 4.78 is 0. The first-order valence-electron chi connectivity index (χ1n) is 5.37. The average molecular weight is 246 g/mol. The predicted molar refractivity (Wildman–Crippen MR) is 63.7 cm³/mol. The van der Waals surface area contributed by atoms with Crippen molar-refractivity contribution in [2.24, 2.45) is 0 Å². The molecular formula is C10H18N2O3S. The quantitative estimate of drug-likeness (QED) is 0.779. The highest BCUT2D eigenvalue weighted by atomic mass is 32.2. The van der Waals surface area contributed by atoms with Gasteiger partial charge in [-0.1, -0.05) is 0 Å². The van der Waals surface area contributed by atoms with E-state index in [0.29, 0.717) is 12.3 Å². The van der Waals surface area contributed by atoms with E-state index in [9.17, 15) is 9.59 Å². The first-order chi connectivity index (χ1) is 7.50. The number of hydrogen-bond donors (Lipinski definition) is 2. The molecule has 2 amide bonds. The summed E-state index contributed by atoms with van der Waals surface area (Å²) in [7, 11) is 0. The number of rotatable bonds is 3. The van der Waals surface area contributed by atoms with Gasteiger partial charge in [0, 0.05) is 24.1 Å². The highest BCUT2D eigenvalue weighted by molar-refractivity contribution is 7.99. The molecule has 0 saturated carbocycles. The molecule has 2 N–H and O–H groups in total. The fourth-order valence-electron chi connectivity index (χ4n) is 1.62. The molecule has 0 aromatic carbocycles. The van der Waals surface area contributed by atoms with Crippen LogP contribution in [0.3, 0.4) is 0 Å². The minimum Gasteiger partial charge on any atom is -0.481 e. The van der Waals surface area contributed by atoms with Crippen molar-refractivity contribution in [3.8, 4) is 0 Å². The third-order valence-electron chi connectivity index (χ3n) is 2.31. The number of carbonyl (C=O) groups excluding carboxylic acids is 1. The van der Waals surface area contributed by atoms with Crippen molar-refractivity contribution in [3.63, 3.8) is 0 Å². The van der Waals surface area contributed by atoms with Crippen LogP contribution in [0.1, 0.15) is 20.3 Å². The lowest BCUT2D eigenvalue weighted by Crippen LogP contribution is -2.52. The van der Waals surface area contributed by atoms with Gasteiger partial charge in [-0.25, -0.2) is 4.79 Å². The molecule has 16 heavy (non-hydrogen) atoms. The summed E-state index contributed by atoms with van der Waals surface area (Å²) in [5.74, 6) is 0.731. The zero-order valence-electron chi connectivity index (χ0n) is 9.60. The molecule has 0 bridgehead atoms. The van der Waals surface area contributed by atoms with Gasteiger partial charge < -0.3 is 15.3 Å². The number of carboxylic acid groups (broad SMARTS) is 1. The lowest BCUT2D eigenvalue weighted by Gasteiger charge is -2.35. The number of thioether (sulfide) groups is 1. The molecule has 1 heterocycles. The lowest BCUT2D eigenvalue weighted by molar-refractivity contribution is -0.137. The molecule has 1 atom stereocenters. The topological polar surface area (TPSA) is 69.6 Å². The molecule has 1 aliphatic heterocycles. The number of aliphatic carboxylic acids is 1. The van der Waals surface area contributed by atoms with Crippen molar-refractivity contribution in [3.05, 3.63) is 0 Å². The van der Waals surface area contributed by atoms with E-state index in [4.69, 9.17) is 5.11 Å². The van der Waals surface area contributed by atoms with Crippen molar-refractivity contribution in [2.75, 3.05) is 18.1 Å². The van der Waals surface area contributed by atoms with Gasteiger partial charge in [0.15, 0.2) is 0 Å². The second-order valence-electron chi connectivity index (χ2n) is 4.12. The number of urea groups is 1. The van der Waals surface area contributed by atoms with E-state index in [1.165, 1.54) is 0 Å². The van der Waals surface area contributed by atoms with E-state index in [-0.39, 0.29) is 24.5 Å². The van der Waals surface area contributed by atoms with E-state index >= 15 is 0 Å². The SMILES string of the molecule is CC(C)NC(=O)N1CCSCC1CC(=O)O. The summed E-state index contributed by atoms with van der Waals surface area (Å²) >= 11 is 1.70. The van der Waals surface area contributed by atoms with Gasteiger partial charge in [-0.3, -0.25) is 4.79 Å². The molecule has 92 valence electrons. The Morgan fingerprint density at radius 1 is 1.56 bits per heavy atom. The van der Waals surface area contributed by atoms with E-state index < -0.39 is 5.97 Å². The van der Waals surface area contributed by atoms with Gasteiger partial charge in [-0.2, -0.15) is 11.8 Å². The van der Waals surface area contributed by atoms with Crippen molar-refractivity contribution in [1.82, 2.24) is 10.2 Å². The van der Waals surface area contributed by atoms with E-state index in [0.717, 1.165) is 5.75 Å². The fourth-order valence-corrected chi connectivity index (χ4v) is 2.69. The summed E-state index contributed by atoms with van der Waals surface area (Å²) in [6.07, 6.45) is 0.0263. The van der Waals surface area contributed by atoms with E-state index in [2.05, 4.69) is 5.32 Å². The largest absolute Gasteiger partial charge is 0.481 e. The molecule has 0 aromatic heterocycles. The van der Waals surface area contributed by atoms with Crippen molar-refractivity contribution >= 4 is 23.8 Å². The molecule has 5 nitrogen and oxygen atoms in total. The minimum atomic E-state index is -0.852. The number of carboxylic acids is 1. The third kappa shape index (κ3) is 3.92. The summed E-state index contributed by atoms with van der Waals surface area (Å²) in [5, 5.41) is 11.6. The molecule has 6 heteroatoms. The van der Waals surface area contributed by atoms with E-state index in [1.807, 2.05) is 13.8 Å². The van der Waals surface area contributed by atoms with Crippen LogP contribution >= 0.6 is 11.8 Å². The standard InChI is InChI=1S/C10H18N2O3S/c1-7(2)11-10(15)12-3-4-16-6-8(12)5-9(13)14/h7-8H,3-6H2,1-2H3,(H,11,15)(H,13,14). The highest BCUT2D eigenvalue weighted by Crippen LogP contribution is 2.19. The van der Waals surface area contributed by atoms with Crippen LogP contribution in [0, 0.1) is 0 Å². The van der Waals surface area contributed by atoms with Gasteiger partial charge in [0.1, 0.15) is 0 Å². The molecule has 1 saturated heterocycles. The maximum absolute atomic E-state index is 11.8. The Bertz CT molecular complexity index is 271. The van der Waals surface area contributed by atoms with E-state index in [1.54, 1.807) is 16.7 Å². The van der Waals surface area contributed by atoms with Crippen LogP contribution in [0.2, 0.25) is 0 Å². The zero-order chi connectivity index (χ0) is 12.1. The van der Waals surface area contributed by atoms with Crippen LogP contribution in [-0.4, -0.2) is 52.1 Å². The van der Waals surface area contributed by atoms with Gasteiger partial charge >= 0.3 is 12.0 Å². The van der Waals surface area contributed by atoms with Gasteiger partial charge in [0.05, 0.1) is 12.5 Å². The minimum absolute atomic E-state index is 0.0263. The smallest absolute Gasteiger partial charge is 0.317 e. The van der Waals surface area contributed by atoms with Crippen molar-refractivity contribution in [1.29, 1.82) is 0 Å². The van der Waals surface area contributed by atoms with Crippen LogP contribution in [0.4, 0.5) is 4.79 Å². The second-order valence-corrected chi connectivity index (χ2v) is 5.27. The van der Waals surface area contributed by atoms with Crippen LogP contribution in [-0.2, 0) is 4.79 Å². The zero-order valence-corrected chi connectivity index (χ0v) is 10.4. The maximum atomic E-state index is 11.8. The van der Waals surface area contributed by atoms with Crippen LogP contribution < -0.4 is 5.32 Å². The summed E-state index contributed by atoms with van der Waals surface area (Å²) in [5.41, 5.74) is 0. The molecule has 1 unspecified atom stereocenters. The van der Waals surface area contributed by atoms with Crippen molar-refractivity contribution in [2.45, 2.75) is 32.4 Å². The molecular weight excluding hydrogens is 228 g/mol. The number of carbonyl (C=O) groups is 2. The monoisotopic (exact) mass is 246 g/mol. The number of hydrogen-bond acceptors (Lipinski definition) is 3. The number of nitrogens with one attached hydrogen (secondary N) is 1. The summed E-state index contributed by atoms with van der Waals surface area (Å²) in [6.45, 7) is 4.41. The van der Waals surface area contributed by atoms with Gasteiger partial charge in [0.25, 0.3) is 0 Å². The second kappa shape index (κ2) is 5.98. The Balaban J connectivity index is 2.58. The summed E-state index contributed by atoms with van der Waals surface area (Å²) in [6, 6.07) is -0.260. The first kappa shape index (κ1) is 13.2.